The van der Waals surface area contributed by atoms with Crippen molar-refractivity contribution in [2.24, 2.45) is 11.8 Å². The highest BCUT2D eigenvalue weighted by atomic mass is 16.6. The average molecular weight is 306 g/mol. The molecule has 0 radical (unpaired) electrons. The second-order valence-corrected chi connectivity index (χ2v) is 7.17. The molecule has 2 aliphatic carbocycles. The van der Waals surface area contributed by atoms with Crippen molar-refractivity contribution in [1.29, 1.82) is 0 Å². The van der Waals surface area contributed by atoms with E-state index in [2.05, 4.69) is 49.0 Å². The molecule has 0 heterocycles. The van der Waals surface area contributed by atoms with Gasteiger partial charge in [0.1, 0.15) is 5.60 Å². The summed E-state index contributed by atoms with van der Waals surface area (Å²) < 4.78 is 6.15. The summed E-state index contributed by atoms with van der Waals surface area (Å²) in [7, 11) is 0. The minimum Gasteiger partial charge on any atom is -0.451 e. The first-order valence-electron chi connectivity index (χ1n) is 8.47. The van der Waals surface area contributed by atoms with Crippen LogP contribution in [0.4, 0.5) is 0 Å². The first kappa shape index (κ1) is 14.5. The van der Waals surface area contributed by atoms with Crippen LogP contribution in [0.2, 0.25) is 0 Å². The summed E-state index contributed by atoms with van der Waals surface area (Å²) in [5.41, 5.74) is 1.18. The van der Waals surface area contributed by atoms with Gasteiger partial charge in [0.15, 0.2) is 0 Å². The fourth-order valence-electron chi connectivity index (χ4n) is 4.64. The van der Waals surface area contributed by atoms with Gasteiger partial charge >= 0.3 is 5.97 Å². The highest BCUT2D eigenvalue weighted by Crippen LogP contribution is 2.58. The lowest BCUT2D eigenvalue weighted by Crippen LogP contribution is -2.38. The van der Waals surface area contributed by atoms with E-state index in [9.17, 15) is 4.79 Å². The van der Waals surface area contributed by atoms with Gasteiger partial charge in [0.2, 0.25) is 0 Å². The molecule has 3 atom stereocenters. The Labute approximate surface area is 137 Å². The van der Waals surface area contributed by atoms with Crippen LogP contribution in [-0.2, 0) is 15.1 Å². The van der Waals surface area contributed by atoms with Crippen LogP contribution in [0.1, 0.15) is 38.2 Å². The monoisotopic (exact) mass is 306 g/mol. The predicted octanol–water partition coefficient (Wildman–Crippen LogP) is 4.97. The normalized spacial score (nSPS) is 28.9. The highest BCUT2D eigenvalue weighted by molar-refractivity contribution is 5.89. The molecule has 0 aliphatic heterocycles. The van der Waals surface area contributed by atoms with Crippen molar-refractivity contribution >= 4 is 16.7 Å². The molecule has 2 fully saturated rings. The summed E-state index contributed by atoms with van der Waals surface area (Å²) in [4.78, 5) is 12.4. The molecule has 2 nitrogen and oxygen atoms in total. The Morgan fingerprint density at radius 2 is 1.96 bits per heavy atom. The van der Waals surface area contributed by atoms with Crippen LogP contribution in [0, 0.1) is 11.8 Å². The molecule has 0 saturated heterocycles. The number of benzene rings is 2. The van der Waals surface area contributed by atoms with E-state index in [0.29, 0.717) is 17.4 Å². The fraction of sp³-hybridized carbons (Fsp3) is 0.381. The fourth-order valence-corrected chi connectivity index (χ4v) is 4.64. The Hall–Kier alpha value is -2.09. The first-order chi connectivity index (χ1) is 11.1. The van der Waals surface area contributed by atoms with Gasteiger partial charge in [-0.15, -0.1) is 0 Å². The van der Waals surface area contributed by atoms with Gasteiger partial charge in [0.05, 0.1) is 0 Å². The van der Waals surface area contributed by atoms with Crippen molar-refractivity contribution in [3.05, 3.63) is 60.2 Å². The van der Waals surface area contributed by atoms with E-state index in [1.54, 1.807) is 6.92 Å². The van der Waals surface area contributed by atoms with Crippen LogP contribution < -0.4 is 0 Å². The summed E-state index contributed by atoms with van der Waals surface area (Å²) in [5.74, 6) is 0.851. The second kappa shape index (κ2) is 5.23. The molecule has 2 aromatic carbocycles. The van der Waals surface area contributed by atoms with Crippen molar-refractivity contribution in [2.45, 2.75) is 38.2 Å². The molecule has 23 heavy (non-hydrogen) atoms. The number of esters is 1. The van der Waals surface area contributed by atoms with Crippen molar-refractivity contribution < 1.29 is 9.53 Å². The Morgan fingerprint density at radius 1 is 1.17 bits per heavy atom. The number of carbonyl (C=O) groups is 1. The zero-order valence-electron chi connectivity index (χ0n) is 13.5. The lowest BCUT2D eigenvalue weighted by Gasteiger charge is -2.38. The van der Waals surface area contributed by atoms with Crippen LogP contribution in [0.25, 0.3) is 10.8 Å². The lowest BCUT2D eigenvalue weighted by atomic mass is 9.77. The van der Waals surface area contributed by atoms with Crippen LogP contribution in [0.15, 0.2) is 54.6 Å². The van der Waals surface area contributed by atoms with E-state index in [1.807, 2.05) is 0 Å². The Kier molecular flexibility index (Phi) is 3.29. The predicted molar refractivity (Wildman–Crippen MR) is 92.0 cm³/mol. The van der Waals surface area contributed by atoms with Crippen LogP contribution >= 0.6 is 0 Å². The SMILES string of the molecule is C=C(C)C(=O)OC1(c2cccc3ccccc23)CC2CCC1C2. The smallest absolute Gasteiger partial charge is 0.334 e. The van der Waals surface area contributed by atoms with Crippen molar-refractivity contribution in [3.8, 4) is 0 Å². The molecule has 118 valence electrons. The summed E-state index contributed by atoms with van der Waals surface area (Å²) in [6.45, 7) is 5.50. The summed E-state index contributed by atoms with van der Waals surface area (Å²) in [5, 5.41) is 2.41. The van der Waals surface area contributed by atoms with Gasteiger partial charge < -0.3 is 4.74 Å². The maximum atomic E-state index is 12.4. The van der Waals surface area contributed by atoms with Gasteiger partial charge in [0.25, 0.3) is 0 Å². The number of rotatable bonds is 3. The van der Waals surface area contributed by atoms with Crippen molar-refractivity contribution in [2.75, 3.05) is 0 Å². The third-order valence-electron chi connectivity index (χ3n) is 5.66. The second-order valence-electron chi connectivity index (χ2n) is 7.17. The van der Waals surface area contributed by atoms with Gasteiger partial charge in [-0.2, -0.15) is 0 Å². The van der Waals surface area contributed by atoms with Gasteiger partial charge in [-0.25, -0.2) is 4.79 Å². The van der Waals surface area contributed by atoms with Crippen molar-refractivity contribution in [3.63, 3.8) is 0 Å². The topological polar surface area (TPSA) is 26.3 Å². The maximum absolute atomic E-state index is 12.4. The quantitative estimate of drug-likeness (QED) is 0.591. The van der Waals surface area contributed by atoms with E-state index in [0.717, 1.165) is 12.8 Å². The molecule has 4 rings (SSSR count). The molecule has 0 N–H and O–H groups in total. The van der Waals surface area contributed by atoms with Gasteiger partial charge in [-0.1, -0.05) is 49.0 Å². The molecule has 2 heteroatoms. The van der Waals surface area contributed by atoms with Crippen LogP contribution in [-0.4, -0.2) is 5.97 Å². The summed E-state index contributed by atoms with van der Waals surface area (Å²) in [6.07, 6.45) is 4.54. The zero-order valence-corrected chi connectivity index (χ0v) is 13.5. The third kappa shape index (κ3) is 2.20. The van der Waals surface area contributed by atoms with E-state index >= 15 is 0 Å². The number of ether oxygens (including phenoxy) is 1. The molecule has 2 saturated carbocycles. The van der Waals surface area contributed by atoms with E-state index in [4.69, 9.17) is 4.74 Å². The highest BCUT2D eigenvalue weighted by Gasteiger charge is 2.55. The molecular weight excluding hydrogens is 284 g/mol. The zero-order chi connectivity index (χ0) is 16.0. The minimum absolute atomic E-state index is 0.259. The first-order valence-corrected chi connectivity index (χ1v) is 8.47. The summed E-state index contributed by atoms with van der Waals surface area (Å²) >= 11 is 0. The average Bonchev–Trinajstić information content (AvgIpc) is 3.15. The molecule has 0 amide bonds. The Balaban J connectivity index is 1.88. The lowest BCUT2D eigenvalue weighted by molar-refractivity contribution is -0.162. The van der Waals surface area contributed by atoms with E-state index < -0.39 is 5.60 Å². The van der Waals surface area contributed by atoms with Gasteiger partial charge in [0, 0.05) is 17.1 Å². The standard InChI is InChI=1S/C21H22O2/c1-14(2)20(22)23-21(13-15-10-11-17(21)12-15)19-9-5-7-16-6-3-4-8-18(16)19/h3-9,15,17H,1,10-13H2,2H3. The minimum atomic E-state index is -0.472. The molecule has 3 unspecified atom stereocenters. The molecule has 2 bridgehead atoms. The summed E-state index contributed by atoms with van der Waals surface area (Å²) in [6, 6.07) is 14.7. The molecular formula is C21H22O2. The number of carbonyl (C=O) groups excluding carboxylic acids is 1. The molecule has 2 aromatic rings. The molecule has 0 spiro atoms. The maximum Gasteiger partial charge on any atom is 0.334 e. The van der Waals surface area contributed by atoms with Gasteiger partial charge in [-0.3, -0.25) is 0 Å². The van der Waals surface area contributed by atoms with Crippen molar-refractivity contribution in [1.82, 2.24) is 0 Å². The van der Waals surface area contributed by atoms with Crippen LogP contribution in [0.5, 0.6) is 0 Å². The third-order valence-corrected chi connectivity index (χ3v) is 5.66. The van der Waals surface area contributed by atoms with E-state index in [1.165, 1.54) is 29.2 Å². The molecule has 2 aliphatic rings. The molecule has 0 aromatic heterocycles. The largest absolute Gasteiger partial charge is 0.451 e. The number of hydrogen-bond acceptors (Lipinski definition) is 2. The van der Waals surface area contributed by atoms with Gasteiger partial charge in [-0.05, 0) is 49.3 Å². The van der Waals surface area contributed by atoms with Crippen LogP contribution in [0.3, 0.4) is 0 Å². The Bertz CT molecular complexity index is 786. The number of hydrogen-bond donors (Lipinski definition) is 0. The number of fused-ring (bicyclic) bond motifs is 3. The van der Waals surface area contributed by atoms with E-state index in [-0.39, 0.29) is 5.97 Å². The Morgan fingerprint density at radius 3 is 2.65 bits per heavy atom.